The van der Waals surface area contributed by atoms with Gasteiger partial charge in [0.15, 0.2) is 0 Å². The molecular formula is C50H74N2O6. The topological polar surface area (TPSA) is 129 Å². The summed E-state index contributed by atoms with van der Waals surface area (Å²) < 4.78 is 5.30. The highest BCUT2D eigenvalue weighted by Crippen LogP contribution is 2.75. The zero-order valence-electron chi connectivity index (χ0n) is 36.8. The molecule has 5 aliphatic rings. The molecule has 4 saturated carbocycles. The van der Waals surface area contributed by atoms with Gasteiger partial charge >= 0.3 is 5.63 Å². The van der Waals surface area contributed by atoms with Crippen molar-refractivity contribution in [1.29, 1.82) is 0 Å². The maximum Gasteiger partial charge on any atom is 0.349 e. The number of para-hydroxylation sites is 1. The molecule has 0 saturated heterocycles. The molecule has 58 heavy (non-hydrogen) atoms. The molecule has 0 unspecified atom stereocenters. The minimum Gasteiger partial charge on any atom is -0.422 e. The van der Waals surface area contributed by atoms with E-state index in [0.29, 0.717) is 36.3 Å². The highest BCUT2D eigenvalue weighted by Gasteiger charge is 2.70. The monoisotopic (exact) mass is 799 g/mol. The van der Waals surface area contributed by atoms with Crippen LogP contribution >= 0.6 is 0 Å². The lowest BCUT2D eigenvalue weighted by molar-refractivity contribution is -0.231. The molecule has 0 aliphatic heterocycles. The number of hydrogen-bond acceptors (Lipinski definition) is 6. The number of fused-ring (bicyclic) bond motifs is 8. The molecule has 9 atom stereocenters. The van der Waals surface area contributed by atoms with E-state index in [9.17, 15) is 24.6 Å². The van der Waals surface area contributed by atoms with E-state index in [-0.39, 0.29) is 49.9 Å². The van der Waals surface area contributed by atoms with Crippen LogP contribution in [-0.4, -0.2) is 47.3 Å². The van der Waals surface area contributed by atoms with Crippen molar-refractivity contribution < 1.29 is 24.2 Å². The second-order valence-electron chi connectivity index (χ2n) is 21.7. The Morgan fingerprint density at radius 1 is 0.776 bits per heavy atom. The molecule has 0 radical (unpaired) electrons. The van der Waals surface area contributed by atoms with Crippen LogP contribution in [0, 0.1) is 50.2 Å². The van der Waals surface area contributed by atoms with Crippen molar-refractivity contribution in [3.63, 3.8) is 0 Å². The molecule has 0 spiro atoms. The number of hydrogen-bond donors (Lipinski definition) is 4. The Hall–Kier alpha value is -2.97. The van der Waals surface area contributed by atoms with Gasteiger partial charge in [-0.2, -0.15) is 0 Å². The van der Waals surface area contributed by atoms with E-state index in [2.05, 4.69) is 65.2 Å². The van der Waals surface area contributed by atoms with E-state index in [0.717, 1.165) is 108 Å². The summed E-state index contributed by atoms with van der Waals surface area (Å²) in [4.78, 5) is 39.4. The average molecular weight is 799 g/mol. The zero-order valence-corrected chi connectivity index (χ0v) is 36.8. The Morgan fingerprint density at radius 3 is 2.12 bits per heavy atom. The van der Waals surface area contributed by atoms with Gasteiger partial charge in [-0.3, -0.25) is 9.59 Å². The largest absolute Gasteiger partial charge is 0.422 e. The number of allylic oxidation sites excluding steroid dienone is 2. The summed E-state index contributed by atoms with van der Waals surface area (Å²) in [7, 11) is 0. The van der Waals surface area contributed by atoms with Gasteiger partial charge in [0.25, 0.3) is 5.91 Å². The fourth-order valence-electron chi connectivity index (χ4n) is 14.0. The summed E-state index contributed by atoms with van der Waals surface area (Å²) in [6.45, 7) is 18.0. The van der Waals surface area contributed by atoms with E-state index in [1.165, 1.54) is 6.42 Å². The fourth-order valence-corrected chi connectivity index (χ4v) is 14.0. The standard InChI is InChI=1S/C50H74N2O6/c1-45(2)24-26-50(44(57)52-29-17-13-11-9-8-10-12-16-28-51-42(55)34-30-33-18-14-15-19-38(33)58-43(34)56)27-25-48(6)35(36(50)31-45)20-21-40-47(5)32-37(53)41(54)46(3,4)39(47)22-23-49(40,48)7/h14-15,18-20,30,36-37,39-41,53-54H,8-13,16-17,21-29,31-32H2,1-7H3,(H,51,55)(H,52,57)/t36-,37+,39-,40+,41-,47-,48+,49+,50-/m0/s1. The molecule has 0 bridgehead atoms. The predicted octanol–water partition coefficient (Wildman–Crippen LogP) is 9.89. The van der Waals surface area contributed by atoms with Gasteiger partial charge in [-0.25, -0.2) is 4.79 Å². The predicted molar refractivity (Wildman–Crippen MR) is 231 cm³/mol. The van der Waals surface area contributed by atoms with Crippen LogP contribution in [0.2, 0.25) is 0 Å². The number of aliphatic hydroxyl groups is 2. The molecule has 2 amide bonds. The van der Waals surface area contributed by atoms with Crippen molar-refractivity contribution in [2.24, 2.45) is 50.2 Å². The normalized spacial score (nSPS) is 36.1. The molecule has 7 rings (SSSR count). The van der Waals surface area contributed by atoms with Crippen molar-refractivity contribution in [3.05, 3.63) is 58.0 Å². The summed E-state index contributed by atoms with van der Waals surface area (Å²) in [5, 5.41) is 29.4. The van der Waals surface area contributed by atoms with Crippen LogP contribution < -0.4 is 16.3 Å². The van der Waals surface area contributed by atoms with Crippen molar-refractivity contribution in [1.82, 2.24) is 10.6 Å². The van der Waals surface area contributed by atoms with Gasteiger partial charge in [0, 0.05) is 18.5 Å². The first-order chi connectivity index (χ1) is 27.4. The number of carbonyl (C=O) groups excluding carboxylic acids is 2. The Kier molecular flexibility index (Phi) is 12.0. The third kappa shape index (κ3) is 7.43. The average Bonchev–Trinajstić information content (AvgIpc) is 3.17. The van der Waals surface area contributed by atoms with Gasteiger partial charge in [-0.15, -0.1) is 0 Å². The number of carbonyl (C=O) groups is 2. The van der Waals surface area contributed by atoms with Crippen LogP contribution in [0.1, 0.15) is 168 Å². The number of unbranched alkanes of at least 4 members (excludes halogenated alkanes) is 7. The van der Waals surface area contributed by atoms with E-state index in [4.69, 9.17) is 4.42 Å². The molecule has 1 aromatic carbocycles. The van der Waals surface area contributed by atoms with Crippen molar-refractivity contribution in [2.45, 2.75) is 170 Å². The van der Waals surface area contributed by atoms with Crippen LogP contribution in [0.15, 0.2) is 51.2 Å². The van der Waals surface area contributed by atoms with Crippen molar-refractivity contribution in [3.8, 4) is 0 Å². The van der Waals surface area contributed by atoms with E-state index < -0.39 is 17.8 Å². The Morgan fingerprint density at radius 2 is 1.41 bits per heavy atom. The maximum absolute atomic E-state index is 14.5. The van der Waals surface area contributed by atoms with Crippen LogP contribution in [0.4, 0.5) is 0 Å². The molecule has 1 heterocycles. The van der Waals surface area contributed by atoms with Crippen LogP contribution in [0.3, 0.4) is 0 Å². The van der Waals surface area contributed by atoms with Crippen molar-refractivity contribution >= 4 is 22.8 Å². The lowest BCUT2D eigenvalue weighted by Gasteiger charge is -2.71. The van der Waals surface area contributed by atoms with Crippen molar-refractivity contribution in [2.75, 3.05) is 13.1 Å². The molecule has 5 aliphatic carbocycles. The quantitative estimate of drug-likeness (QED) is 0.0908. The van der Waals surface area contributed by atoms with Gasteiger partial charge in [0.2, 0.25) is 5.91 Å². The molecule has 8 heteroatoms. The SMILES string of the molecule is CC1(C)CC[C@]2(C(=O)NCCCCCCCCCCNC(=O)c3cc4ccccc4oc3=O)CC[C@]3(C)C(=CC[C@@H]4[C@@]5(C)C[C@@H](O)[C@H](O)C(C)(C)[C@@H]5CC[C@]43C)[C@@H]2C1. The highest BCUT2D eigenvalue weighted by molar-refractivity contribution is 5.96. The van der Waals surface area contributed by atoms with Gasteiger partial charge in [-0.05, 0) is 128 Å². The maximum atomic E-state index is 14.5. The minimum atomic E-state index is -0.688. The van der Waals surface area contributed by atoms with Gasteiger partial charge in [0.1, 0.15) is 11.1 Å². The van der Waals surface area contributed by atoms with E-state index >= 15 is 0 Å². The smallest absolute Gasteiger partial charge is 0.349 e. The minimum absolute atomic E-state index is 0.0149. The second-order valence-corrected chi connectivity index (χ2v) is 21.7. The number of rotatable bonds is 13. The molecule has 320 valence electrons. The summed E-state index contributed by atoms with van der Waals surface area (Å²) in [5.41, 5.74) is 1.09. The molecule has 4 N–H and O–H groups in total. The lowest BCUT2D eigenvalue weighted by atomic mass is 9.33. The molecule has 4 fully saturated rings. The first-order valence-electron chi connectivity index (χ1n) is 23.1. The third-order valence-electron chi connectivity index (χ3n) is 17.6. The van der Waals surface area contributed by atoms with E-state index in [1.54, 1.807) is 23.8 Å². The van der Waals surface area contributed by atoms with E-state index in [1.807, 2.05) is 12.1 Å². The third-order valence-corrected chi connectivity index (χ3v) is 17.6. The first-order valence-corrected chi connectivity index (χ1v) is 23.1. The number of aliphatic hydroxyl groups excluding tert-OH is 2. The molecular weight excluding hydrogens is 725 g/mol. The number of benzene rings is 1. The summed E-state index contributed by atoms with van der Waals surface area (Å²) >= 11 is 0. The van der Waals surface area contributed by atoms with Gasteiger partial charge < -0.3 is 25.3 Å². The summed E-state index contributed by atoms with van der Waals surface area (Å²) in [5.74, 6) is 0.986. The summed E-state index contributed by atoms with van der Waals surface area (Å²) in [6.07, 6.45) is 18.8. The fraction of sp³-hybridized carbons (Fsp3) is 0.740. The number of nitrogens with one attached hydrogen (secondary N) is 2. The Balaban J connectivity index is 0.879. The Bertz CT molecular complexity index is 1930. The highest BCUT2D eigenvalue weighted by atomic mass is 16.4. The second kappa shape index (κ2) is 16.1. The lowest BCUT2D eigenvalue weighted by Crippen LogP contribution is -2.67. The van der Waals surface area contributed by atoms with Gasteiger partial charge in [0.05, 0.1) is 17.6 Å². The van der Waals surface area contributed by atoms with Gasteiger partial charge in [-0.1, -0.05) is 117 Å². The first kappa shape index (κ1) is 43.1. The van der Waals surface area contributed by atoms with Crippen LogP contribution in [0.25, 0.3) is 11.0 Å². The molecule has 1 aromatic heterocycles. The Labute approximate surface area is 347 Å². The summed E-state index contributed by atoms with van der Waals surface area (Å²) in [6, 6.07) is 8.81. The van der Waals surface area contributed by atoms with Crippen LogP contribution in [-0.2, 0) is 4.79 Å². The van der Waals surface area contributed by atoms with Crippen LogP contribution in [0.5, 0.6) is 0 Å². The molecule has 2 aromatic rings. The zero-order chi connectivity index (χ0) is 41.7. The molecule has 8 nitrogen and oxygen atoms in total. The number of amides is 2.